The van der Waals surface area contributed by atoms with Crippen LogP contribution in [0.4, 0.5) is 23.9 Å². The Balaban J connectivity index is 1.61. The third-order valence-electron chi connectivity index (χ3n) is 6.28. The number of halogens is 3. The zero-order chi connectivity index (χ0) is 27.7. The molecule has 8 nitrogen and oxygen atoms in total. The maximum Gasteiger partial charge on any atom is 0.416 e. The molecular formula is C27H31F3N4O4. The number of hydrogen-bond donors (Lipinski definition) is 2. The minimum atomic E-state index is -4.58. The van der Waals surface area contributed by atoms with Crippen molar-refractivity contribution in [2.45, 2.75) is 58.5 Å². The first-order valence-corrected chi connectivity index (χ1v) is 12.4. The van der Waals surface area contributed by atoms with Gasteiger partial charge in [-0.05, 0) is 75.4 Å². The van der Waals surface area contributed by atoms with E-state index in [0.717, 1.165) is 25.0 Å². The second-order valence-corrected chi connectivity index (χ2v) is 10.5. The molecule has 1 aliphatic heterocycles. The minimum Gasteiger partial charge on any atom is -0.444 e. The van der Waals surface area contributed by atoms with Gasteiger partial charge in [-0.15, -0.1) is 0 Å². The number of alkyl halides is 3. The van der Waals surface area contributed by atoms with Crippen LogP contribution in [0.2, 0.25) is 0 Å². The molecule has 2 aromatic carbocycles. The predicted molar refractivity (Wildman–Crippen MR) is 136 cm³/mol. The lowest BCUT2D eigenvalue weighted by molar-refractivity contribution is -0.137. The lowest BCUT2D eigenvalue weighted by atomic mass is 9.98. The van der Waals surface area contributed by atoms with Crippen LogP contribution in [0.15, 0.2) is 42.5 Å². The summed E-state index contributed by atoms with van der Waals surface area (Å²) >= 11 is 0. The van der Waals surface area contributed by atoms with Crippen LogP contribution in [-0.4, -0.2) is 50.2 Å². The highest BCUT2D eigenvalue weighted by molar-refractivity contribution is 6.04. The van der Waals surface area contributed by atoms with Crippen LogP contribution in [0.3, 0.4) is 0 Å². The van der Waals surface area contributed by atoms with Crippen molar-refractivity contribution >= 4 is 29.0 Å². The third-order valence-corrected chi connectivity index (χ3v) is 6.28. The second-order valence-electron chi connectivity index (χ2n) is 10.5. The van der Waals surface area contributed by atoms with Gasteiger partial charge in [0.15, 0.2) is 0 Å². The SMILES string of the molecule is CC(C)(C)OC(=O)N1CCC[C@@H](Cn2c(NC(=O)c3cccc(C(F)(F)F)c3)nc3cc(CO)ccc32)C1. The highest BCUT2D eigenvalue weighted by Gasteiger charge is 2.31. The Bertz CT molecular complexity index is 1330. The van der Waals surface area contributed by atoms with Crippen molar-refractivity contribution in [3.8, 4) is 0 Å². The number of aromatic nitrogens is 2. The molecule has 4 rings (SSSR count). The van der Waals surface area contributed by atoms with E-state index >= 15 is 0 Å². The summed E-state index contributed by atoms with van der Waals surface area (Å²) in [7, 11) is 0. The molecule has 0 aliphatic carbocycles. The molecule has 11 heteroatoms. The number of aliphatic hydroxyl groups is 1. The normalized spacial score (nSPS) is 16.5. The number of nitrogens with zero attached hydrogens (tertiary/aromatic N) is 3. The number of rotatable bonds is 5. The molecule has 0 unspecified atom stereocenters. The summed E-state index contributed by atoms with van der Waals surface area (Å²) in [6.45, 7) is 6.67. The Morgan fingerprint density at radius 3 is 2.61 bits per heavy atom. The Labute approximate surface area is 218 Å². The van der Waals surface area contributed by atoms with Gasteiger partial charge in [-0.25, -0.2) is 9.78 Å². The lowest BCUT2D eigenvalue weighted by Gasteiger charge is -2.34. The molecule has 38 heavy (non-hydrogen) atoms. The van der Waals surface area contributed by atoms with E-state index in [1.807, 2.05) is 20.8 Å². The fourth-order valence-electron chi connectivity index (χ4n) is 4.53. The number of aliphatic hydroxyl groups excluding tert-OH is 1. The fraction of sp³-hybridized carbons (Fsp3) is 0.444. The van der Waals surface area contributed by atoms with E-state index in [2.05, 4.69) is 10.3 Å². The highest BCUT2D eigenvalue weighted by Crippen LogP contribution is 2.30. The van der Waals surface area contributed by atoms with Crippen LogP contribution in [0.25, 0.3) is 11.0 Å². The predicted octanol–water partition coefficient (Wildman–Crippen LogP) is 5.45. The molecule has 0 spiro atoms. The van der Waals surface area contributed by atoms with Crippen molar-refractivity contribution in [3.05, 3.63) is 59.2 Å². The molecule has 3 aromatic rings. The van der Waals surface area contributed by atoms with Gasteiger partial charge in [-0.3, -0.25) is 10.1 Å². The summed E-state index contributed by atoms with van der Waals surface area (Å²) in [6.07, 6.45) is -3.36. The Hall–Kier alpha value is -3.60. The van der Waals surface area contributed by atoms with Crippen LogP contribution in [0, 0.1) is 5.92 Å². The van der Waals surface area contributed by atoms with E-state index in [1.54, 1.807) is 27.7 Å². The number of anilines is 1. The quantitative estimate of drug-likeness (QED) is 0.456. The summed E-state index contributed by atoms with van der Waals surface area (Å²) in [5.74, 6) is -0.531. The number of likely N-dealkylation sites (tertiary alicyclic amines) is 1. The average molecular weight is 533 g/mol. The molecule has 0 bridgehead atoms. The van der Waals surface area contributed by atoms with Crippen molar-refractivity contribution in [1.29, 1.82) is 0 Å². The molecule has 2 N–H and O–H groups in total. The number of imidazole rings is 1. The van der Waals surface area contributed by atoms with Gasteiger partial charge in [-0.1, -0.05) is 12.1 Å². The second kappa shape index (κ2) is 10.6. The van der Waals surface area contributed by atoms with E-state index < -0.39 is 23.2 Å². The first-order chi connectivity index (χ1) is 17.8. The van der Waals surface area contributed by atoms with Crippen LogP contribution in [0.1, 0.15) is 55.1 Å². The largest absolute Gasteiger partial charge is 0.444 e. The maximum absolute atomic E-state index is 13.2. The molecule has 2 amide bonds. The zero-order valence-electron chi connectivity index (χ0n) is 21.5. The molecule has 1 aliphatic rings. The number of fused-ring (bicyclic) bond motifs is 1. The van der Waals surface area contributed by atoms with Gasteiger partial charge in [0.1, 0.15) is 5.60 Å². The molecule has 0 saturated carbocycles. The number of amides is 2. The summed E-state index contributed by atoms with van der Waals surface area (Å²) < 4.78 is 46.8. The summed E-state index contributed by atoms with van der Waals surface area (Å²) in [6, 6.07) is 9.41. The van der Waals surface area contributed by atoms with Crippen LogP contribution >= 0.6 is 0 Å². The number of carbonyl (C=O) groups excluding carboxylic acids is 2. The first kappa shape index (κ1) is 27.4. The summed E-state index contributed by atoms with van der Waals surface area (Å²) in [5, 5.41) is 12.2. The number of benzene rings is 2. The molecule has 1 atom stereocenters. The number of piperidine rings is 1. The number of nitrogens with one attached hydrogen (secondary N) is 1. The molecule has 1 fully saturated rings. The summed E-state index contributed by atoms with van der Waals surface area (Å²) in [4.78, 5) is 31.8. The molecular weight excluding hydrogens is 501 g/mol. The Morgan fingerprint density at radius 2 is 1.92 bits per heavy atom. The monoisotopic (exact) mass is 532 g/mol. The van der Waals surface area contributed by atoms with Crippen molar-refractivity contribution in [3.63, 3.8) is 0 Å². The van der Waals surface area contributed by atoms with Crippen LogP contribution < -0.4 is 5.32 Å². The lowest BCUT2D eigenvalue weighted by Crippen LogP contribution is -2.43. The molecule has 1 aromatic heterocycles. The molecule has 2 heterocycles. The van der Waals surface area contributed by atoms with Gasteiger partial charge in [0.05, 0.1) is 23.2 Å². The van der Waals surface area contributed by atoms with Gasteiger partial charge in [0, 0.05) is 25.2 Å². The van der Waals surface area contributed by atoms with Gasteiger partial charge in [0.2, 0.25) is 5.95 Å². The van der Waals surface area contributed by atoms with E-state index in [-0.39, 0.29) is 30.1 Å². The van der Waals surface area contributed by atoms with Crippen molar-refractivity contribution in [2.75, 3.05) is 18.4 Å². The molecule has 0 radical (unpaired) electrons. The van der Waals surface area contributed by atoms with Gasteiger partial charge in [-0.2, -0.15) is 13.2 Å². The maximum atomic E-state index is 13.2. The van der Waals surface area contributed by atoms with Crippen molar-refractivity contribution < 1.29 is 32.6 Å². The van der Waals surface area contributed by atoms with Crippen molar-refractivity contribution in [1.82, 2.24) is 14.5 Å². The van der Waals surface area contributed by atoms with Gasteiger partial charge in [0.25, 0.3) is 5.91 Å². The van der Waals surface area contributed by atoms with Gasteiger partial charge < -0.3 is 19.3 Å². The van der Waals surface area contributed by atoms with Crippen LogP contribution in [0.5, 0.6) is 0 Å². The zero-order valence-corrected chi connectivity index (χ0v) is 21.5. The number of carbonyl (C=O) groups is 2. The average Bonchev–Trinajstić information content (AvgIpc) is 3.18. The van der Waals surface area contributed by atoms with Crippen LogP contribution in [-0.2, 0) is 24.1 Å². The summed E-state index contributed by atoms with van der Waals surface area (Å²) in [5.41, 5.74) is 0.160. The first-order valence-electron chi connectivity index (χ1n) is 12.4. The molecule has 204 valence electrons. The Kier molecular flexibility index (Phi) is 7.68. The number of hydrogen-bond acceptors (Lipinski definition) is 5. The molecule has 1 saturated heterocycles. The highest BCUT2D eigenvalue weighted by atomic mass is 19.4. The topological polar surface area (TPSA) is 96.7 Å². The van der Waals surface area contributed by atoms with E-state index in [4.69, 9.17) is 4.74 Å². The Morgan fingerprint density at radius 1 is 1.16 bits per heavy atom. The standard InChI is InChI=1S/C27H31F3N4O4/c1-26(2,3)38-25(37)33-11-5-6-18(14-33)15-34-22-10-9-17(16-35)12-21(22)31-24(34)32-23(36)19-7-4-8-20(13-19)27(28,29)30/h4,7-10,12-13,18,35H,5-6,11,14-16H2,1-3H3,(H,31,32,36)/t18-/m1/s1. The van der Waals surface area contributed by atoms with E-state index in [9.17, 15) is 27.9 Å². The van der Waals surface area contributed by atoms with E-state index in [0.29, 0.717) is 36.2 Å². The number of ether oxygens (including phenoxy) is 1. The van der Waals surface area contributed by atoms with Crippen molar-refractivity contribution in [2.24, 2.45) is 5.92 Å². The third kappa shape index (κ3) is 6.45. The van der Waals surface area contributed by atoms with E-state index in [1.165, 1.54) is 12.1 Å². The van der Waals surface area contributed by atoms with Gasteiger partial charge >= 0.3 is 12.3 Å². The minimum absolute atomic E-state index is 0.0235. The fourth-order valence-corrected chi connectivity index (χ4v) is 4.53. The smallest absolute Gasteiger partial charge is 0.416 e.